The van der Waals surface area contributed by atoms with E-state index >= 15 is 0 Å². The fourth-order valence-electron chi connectivity index (χ4n) is 2.54. The van der Waals surface area contributed by atoms with Gasteiger partial charge in [0.25, 0.3) is 5.91 Å². The van der Waals surface area contributed by atoms with Crippen LogP contribution in [0.15, 0.2) is 22.7 Å². The molecule has 2 rings (SSSR count). The maximum absolute atomic E-state index is 12.3. The zero-order valence-corrected chi connectivity index (χ0v) is 12.2. The predicted molar refractivity (Wildman–Crippen MR) is 77.5 cm³/mol. The maximum Gasteiger partial charge on any atom is 0.253 e. The van der Waals surface area contributed by atoms with Gasteiger partial charge in [0.15, 0.2) is 0 Å². The van der Waals surface area contributed by atoms with E-state index in [0.717, 1.165) is 11.0 Å². The van der Waals surface area contributed by atoms with Crippen molar-refractivity contribution in [3.63, 3.8) is 0 Å². The molecular weight excluding hydrogens is 292 g/mol. The van der Waals surface area contributed by atoms with Gasteiger partial charge in [-0.2, -0.15) is 0 Å². The molecule has 0 radical (unpaired) electrons. The molecule has 1 aromatic rings. The Morgan fingerprint density at radius 2 is 2.11 bits per heavy atom. The van der Waals surface area contributed by atoms with Gasteiger partial charge in [0.2, 0.25) is 0 Å². The van der Waals surface area contributed by atoms with E-state index in [-0.39, 0.29) is 5.91 Å². The molecule has 0 spiro atoms. The van der Waals surface area contributed by atoms with E-state index in [1.165, 1.54) is 25.7 Å². The summed E-state index contributed by atoms with van der Waals surface area (Å²) >= 11 is 3.36. The lowest BCUT2D eigenvalue weighted by Crippen LogP contribution is -2.31. The highest BCUT2D eigenvalue weighted by molar-refractivity contribution is 9.10. The highest BCUT2D eigenvalue weighted by atomic mass is 79.9. The van der Waals surface area contributed by atoms with Crippen LogP contribution in [0.3, 0.4) is 0 Å². The van der Waals surface area contributed by atoms with Crippen molar-refractivity contribution in [2.24, 2.45) is 5.92 Å². The third kappa shape index (κ3) is 3.05. The quantitative estimate of drug-likeness (QED) is 0.871. The molecule has 1 fully saturated rings. The lowest BCUT2D eigenvalue weighted by molar-refractivity contribution is 0.0773. The third-order valence-corrected chi connectivity index (χ3v) is 4.29. The van der Waals surface area contributed by atoms with Crippen molar-refractivity contribution >= 4 is 27.5 Å². The highest BCUT2D eigenvalue weighted by Gasteiger charge is 2.20. The van der Waals surface area contributed by atoms with Gasteiger partial charge in [-0.1, -0.05) is 12.8 Å². The molecule has 0 heterocycles. The van der Waals surface area contributed by atoms with Crippen LogP contribution in [0.2, 0.25) is 0 Å². The zero-order valence-electron chi connectivity index (χ0n) is 10.7. The molecule has 1 aromatic carbocycles. The molecule has 0 saturated heterocycles. The average Bonchev–Trinajstić information content (AvgIpc) is 2.84. The molecule has 0 unspecified atom stereocenters. The Bertz CT molecular complexity index is 441. The number of anilines is 1. The summed E-state index contributed by atoms with van der Waals surface area (Å²) in [7, 11) is 1.88. The number of carbonyl (C=O) groups excluding carboxylic acids is 1. The molecule has 98 valence electrons. The SMILES string of the molecule is CN(CC1CCCC1)C(=O)c1ccc(N)c(Br)c1. The maximum atomic E-state index is 12.3. The van der Waals surface area contributed by atoms with Crippen molar-refractivity contribution in [1.29, 1.82) is 0 Å². The molecule has 0 bridgehead atoms. The number of hydrogen-bond acceptors (Lipinski definition) is 2. The topological polar surface area (TPSA) is 46.3 Å². The molecular formula is C14H19BrN2O. The molecule has 3 nitrogen and oxygen atoms in total. The summed E-state index contributed by atoms with van der Waals surface area (Å²) in [6, 6.07) is 5.34. The zero-order chi connectivity index (χ0) is 13.1. The molecule has 1 amide bonds. The van der Waals surface area contributed by atoms with Crippen LogP contribution in [-0.2, 0) is 0 Å². The van der Waals surface area contributed by atoms with Gasteiger partial charge in [0.1, 0.15) is 0 Å². The minimum absolute atomic E-state index is 0.0719. The standard InChI is InChI=1S/C14H19BrN2O/c1-17(9-10-4-2-3-5-10)14(18)11-6-7-13(16)12(15)8-11/h6-8,10H,2-5,9,16H2,1H3. The van der Waals surface area contributed by atoms with Gasteiger partial charge in [-0.15, -0.1) is 0 Å². The number of carbonyl (C=O) groups is 1. The molecule has 1 aliphatic carbocycles. The van der Waals surface area contributed by atoms with E-state index in [9.17, 15) is 4.79 Å². The summed E-state index contributed by atoms with van der Waals surface area (Å²) in [5.74, 6) is 0.749. The normalized spacial score (nSPS) is 15.9. The van der Waals surface area contributed by atoms with E-state index in [1.54, 1.807) is 18.2 Å². The summed E-state index contributed by atoms with van der Waals surface area (Å²) in [4.78, 5) is 14.1. The first-order chi connectivity index (χ1) is 8.58. The Balaban J connectivity index is 2.02. The van der Waals surface area contributed by atoms with Crippen LogP contribution in [0.25, 0.3) is 0 Å². The van der Waals surface area contributed by atoms with Crippen LogP contribution in [0.4, 0.5) is 5.69 Å². The number of rotatable bonds is 3. The molecule has 18 heavy (non-hydrogen) atoms. The molecule has 0 aromatic heterocycles. The van der Waals surface area contributed by atoms with Crippen molar-refractivity contribution < 1.29 is 4.79 Å². The average molecular weight is 311 g/mol. The van der Waals surface area contributed by atoms with Crippen LogP contribution in [0, 0.1) is 5.92 Å². The van der Waals surface area contributed by atoms with Crippen molar-refractivity contribution in [1.82, 2.24) is 4.90 Å². The van der Waals surface area contributed by atoms with Crippen molar-refractivity contribution in [2.45, 2.75) is 25.7 Å². The minimum atomic E-state index is 0.0719. The fourth-order valence-corrected chi connectivity index (χ4v) is 2.92. The third-order valence-electron chi connectivity index (χ3n) is 3.60. The van der Waals surface area contributed by atoms with E-state index in [4.69, 9.17) is 5.73 Å². The number of nitrogens with zero attached hydrogens (tertiary/aromatic N) is 1. The van der Waals surface area contributed by atoms with E-state index in [0.29, 0.717) is 17.2 Å². The highest BCUT2D eigenvalue weighted by Crippen LogP contribution is 2.26. The van der Waals surface area contributed by atoms with Gasteiger partial charge in [0, 0.05) is 29.3 Å². The van der Waals surface area contributed by atoms with Crippen molar-refractivity contribution in [2.75, 3.05) is 19.3 Å². The van der Waals surface area contributed by atoms with Gasteiger partial charge in [-0.25, -0.2) is 0 Å². The monoisotopic (exact) mass is 310 g/mol. The summed E-state index contributed by atoms with van der Waals surface area (Å²) in [6.45, 7) is 0.862. The second-order valence-electron chi connectivity index (χ2n) is 5.07. The minimum Gasteiger partial charge on any atom is -0.398 e. The van der Waals surface area contributed by atoms with Crippen LogP contribution in [0.1, 0.15) is 36.0 Å². The summed E-state index contributed by atoms with van der Waals surface area (Å²) in [5.41, 5.74) is 7.07. The molecule has 1 saturated carbocycles. The van der Waals surface area contributed by atoms with E-state index in [2.05, 4.69) is 15.9 Å². The van der Waals surface area contributed by atoms with Gasteiger partial charge < -0.3 is 10.6 Å². The number of nitrogen functional groups attached to an aromatic ring is 1. The van der Waals surface area contributed by atoms with E-state index in [1.807, 2.05) is 11.9 Å². The number of hydrogen-bond donors (Lipinski definition) is 1. The van der Waals surface area contributed by atoms with Crippen LogP contribution in [0.5, 0.6) is 0 Å². The second-order valence-corrected chi connectivity index (χ2v) is 5.93. The summed E-state index contributed by atoms with van der Waals surface area (Å²) < 4.78 is 0.780. The molecule has 0 aliphatic heterocycles. The summed E-state index contributed by atoms with van der Waals surface area (Å²) in [6.07, 6.45) is 5.12. The fraction of sp³-hybridized carbons (Fsp3) is 0.500. The first-order valence-corrected chi connectivity index (χ1v) is 7.17. The lowest BCUT2D eigenvalue weighted by Gasteiger charge is -2.21. The van der Waals surface area contributed by atoms with Gasteiger partial charge in [-0.3, -0.25) is 4.79 Å². The molecule has 4 heteroatoms. The largest absolute Gasteiger partial charge is 0.398 e. The smallest absolute Gasteiger partial charge is 0.253 e. The van der Waals surface area contributed by atoms with Crippen molar-refractivity contribution in [3.05, 3.63) is 28.2 Å². The Kier molecular flexibility index (Phi) is 4.27. The Hall–Kier alpha value is -1.03. The Morgan fingerprint density at radius 3 is 2.72 bits per heavy atom. The molecule has 0 atom stereocenters. The van der Waals surface area contributed by atoms with Gasteiger partial charge >= 0.3 is 0 Å². The lowest BCUT2D eigenvalue weighted by atomic mass is 10.1. The van der Waals surface area contributed by atoms with Gasteiger partial charge in [-0.05, 0) is 52.9 Å². The Morgan fingerprint density at radius 1 is 1.44 bits per heavy atom. The first-order valence-electron chi connectivity index (χ1n) is 6.38. The number of benzene rings is 1. The number of halogens is 1. The molecule has 2 N–H and O–H groups in total. The number of nitrogens with two attached hydrogens (primary N) is 1. The first kappa shape index (κ1) is 13.4. The van der Waals surface area contributed by atoms with Gasteiger partial charge in [0.05, 0.1) is 0 Å². The van der Waals surface area contributed by atoms with Crippen LogP contribution in [-0.4, -0.2) is 24.4 Å². The van der Waals surface area contributed by atoms with E-state index < -0.39 is 0 Å². The predicted octanol–water partition coefficient (Wildman–Crippen LogP) is 3.29. The van der Waals surface area contributed by atoms with Crippen molar-refractivity contribution in [3.8, 4) is 0 Å². The second kappa shape index (κ2) is 5.74. The van der Waals surface area contributed by atoms with Crippen LogP contribution < -0.4 is 5.73 Å². The molecule has 1 aliphatic rings. The summed E-state index contributed by atoms with van der Waals surface area (Å²) in [5, 5.41) is 0. The van der Waals surface area contributed by atoms with Crippen LogP contribution >= 0.6 is 15.9 Å². The Labute approximate surface area is 116 Å². The number of amides is 1.